The van der Waals surface area contributed by atoms with Crippen molar-refractivity contribution in [3.63, 3.8) is 0 Å². The highest BCUT2D eigenvalue weighted by molar-refractivity contribution is 6.48. The zero-order valence-electron chi connectivity index (χ0n) is 15.5. The van der Waals surface area contributed by atoms with E-state index in [1.807, 2.05) is 12.1 Å². The third kappa shape index (κ3) is 4.45. The molecule has 4 rings (SSSR count). The van der Waals surface area contributed by atoms with E-state index in [-0.39, 0.29) is 38.8 Å². The second-order valence-corrected chi connectivity index (χ2v) is 8.73. The molecule has 3 aromatic carbocycles. The number of fused-ring (bicyclic) bond motifs is 1. The average Bonchev–Trinajstić information content (AvgIpc) is 3.00. The smallest absolute Gasteiger partial charge is 0.356 e. The topological polar surface area (TPSA) is 51.5 Å². The number of aromatic carboxylic acids is 1. The molecule has 0 radical (unpaired) electrons. The Morgan fingerprint density at radius 3 is 2.10 bits per heavy atom. The third-order valence-corrected chi connectivity index (χ3v) is 6.30. The van der Waals surface area contributed by atoms with E-state index in [9.17, 15) is 9.90 Å². The van der Waals surface area contributed by atoms with Crippen molar-refractivity contribution in [2.24, 2.45) is 0 Å². The van der Waals surface area contributed by atoms with Gasteiger partial charge in [0.2, 0.25) is 0 Å². The number of rotatable bonds is 5. The predicted octanol–water partition coefficient (Wildman–Crippen LogP) is 8.45. The van der Waals surface area contributed by atoms with Crippen LogP contribution in [0.4, 0.5) is 0 Å². The lowest BCUT2D eigenvalue weighted by atomic mass is 10.2. The maximum atomic E-state index is 12.3. The molecule has 158 valence electrons. The standard InChI is InChI=1S/C22H12Cl5NO3/c23-12-3-1-11(2-4-12)10-28-18-6-5-13(24)7-15(18)21(20(28)22(29)30)31-14-8-16(25)19(27)17(26)9-14/h1-9H,10H2,(H,29,30). The number of benzene rings is 3. The third-order valence-electron chi connectivity index (χ3n) is 4.61. The Morgan fingerprint density at radius 1 is 0.871 bits per heavy atom. The molecule has 0 fully saturated rings. The summed E-state index contributed by atoms with van der Waals surface area (Å²) < 4.78 is 7.63. The van der Waals surface area contributed by atoms with Crippen molar-refractivity contribution in [2.75, 3.05) is 0 Å². The molecule has 4 nitrogen and oxygen atoms in total. The number of hydrogen-bond acceptors (Lipinski definition) is 2. The minimum atomic E-state index is -1.16. The molecular weight excluding hydrogens is 504 g/mol. The molecule has 0 aliphatic carbocycles. The van der Waals surface area contributed by atoms with E-state index in [2.05, 4.69) is 0 Å². The first kappa shape index (κ1) is 22.1. The molecule has 0 bridgehead atoms. The first-order chi connectivity index (χ1) is 14.7. The van der Waals surface area contributed by atoms with Crippen LogP contribution in [0.1, 0.15) is 16.1 Å². The molecule has 9 heteroatoms. The van der Waals surface area contributed by atoms with Crippen molar-refractivity contribution in [2.45, 2.75) is 6.54 Å². The summed E-state index contributed by atoms with van der Waals surface area (Å²) in [6.45, 7) is 0.280. The lowest BCUT2D eigenvalue weighted by molar-refractivity contribution is 0.0683. The molecule has 1 heterocycles. The molecule has 1 N–H and O–H groups in total. The minimum Gasteiger partial charge on any atom is -0.476 e. The monoisotopic (exact) mass is 513 g/mol. The van der Waals surface area contributed by atoms with Gasteiger partial charge in [-0.25, -0.2) is 4.79 Å². The normalized spacial score (nSPS) is 11.1. The maximum Gasteiger partial charge on any atom is 0.356 e. The molecule has 0 aliphatic rings. The van der Waals surface area contributed by atoms with Crippen molar-refractivity contribution in [1.82, 2.24) is 4.57 Å². The van der Waals surface area contributed by atoms with Crippen molar-refractivity contribution in [3.05, 3.63) is 91.0 Å². The lowest BCUT2D eigenvalue weighted by Gasteiger charge is -2.11. The van der Waals surface area contributed by atoms with E-state index in [1.165, 1.54) is 12.1 Å². The SMILES string of the molecule is O=C(O)c1c(Oc2cc(Cl)c(Cl)c(Cl)c2)c2cc(Cl)ccc2n1Cc1ccc(Cl)cc1. The number of aromatic nitrogens is 1. The van der Waals surface area contributed by atoms with Gasteiger partial charge in [0.1, 0.15) is 5.75 Å². The van der Waals surface area contributed by atoms with Crippen LogP contribution in [0.15, 0.2) is 54.6 Å². The molecule has 0 spiro atoms. The summed E-state index contributed by atoms with van der Waals surface area (Å²) in [6, 6.07) is 15.2. The number of carboxylic acids is 1. The highest BCUT2D eigenvalue weighted by atomic mass is 35.5. The van der Waals surface area contributed by atoms with Crippen LogP contribution in [0.2, 0.25) is 25.1 Å². The zero-order chi connectivity index (χ0) is 22.3. The van der Waals surface area contributed by atoms with Crippen LogP contribution in [0.3, 0.4) is 0 Å². The van der Waals surface area contributed by atoms with Crippen molar-refractivity contribution in [3.8, 4) is 11.5 Å². The van der Waals surface area contributed by atoms with Crippen LogP contribution in [0.25, 0.3) is 10.9 Å². The zero-order valence-corrected chi connectivity index (χ0v) is 19.3. The Labute approximate surface area is 202 Å². The van der Waals surface area contributed by atoms with Gasteiger partial charge in [-0.2, -0.15) is 0 Å². The Hall–Kier alpha value is -2.08. The van der Waals surface area contributed by atoms with Gasteiger partial charge < -0.3 is 14.4 Å². The molecule has 0 aliphatic heterocycles. The van der Waals surface area contributed by atoms with Gasteiger partial charge in [-0.15, -0.1) is 0 Å². The first-order valence-electron chi connectivity index (χ1n) is 8.86. The van der Waals surface area contributed by atoms with Crippen molar-refractivity contribution < 1.29 is 14.6 Å². The maximum absolute atomic E-state index is 12.3. The molecule has 0 unspecified atom stereocenters. The first-order valence-corrected chi connectivity index (χ1v) is 10.8. The van der Waals surface area contributed by atoms with E-state index in [1.54, 1.807) is 34.9 Å². The van der Waals surface area contributed by atoms with Gasteiger partial charge >= 0.3 is 5.97 Å². The summed E-state index contributed by atoms with van der Waals surface area (Å²) in [6.07, 6.45) is 0. The molecule has 0 amide bonds. The molecule has 1 aromatic heterocycles. The number of ether oxygens (including phenoxy) is 1. The largest absolute Gasteiger partial charge is 0.476 e. The number of carbonyl (C=O) groups is 1. The Balaban J connectivity index is 1.91. The number of hydrogen-bond donors (Lipinski definition) is 1. The van der Waals surface area contributed by atoms with Gasteiger partial charge in [0.05, 0.1) is 20.6 Å². The van der Waals surface area contributed by atoms with Gasteiger partial charge in [0, 0.05) is 34.1 Å². The molecule has 4 aromatic rings. The van der Waals surface area contributed by atoms with Crippen LogP contribution in [0.5, 0.6) is 11.5 Å². The fourth-order valence-electron chi connectivity index (χ4n) is 3.26. The van der Waals surface area contributed by atoms with Gasteiger partial charge in [-0.1, -0.05) is 70.1 Å². The van der Waals surface area contributed by atoms with Crippen LogP contribution in [0, 0.1) is 0 Å². The van der Waals surface area contributed by atoms with Crippen molar-refractivity contribution in [1.29, 1.82) is 0 Å². The number of carboxylic acid groups (broad SMARTS) is 1. The summed E-state index contributed by atoms with van der Waals surface area (Å²) in [5.74, 6) is -0.803. The van der Waals surface area contributed by atoms with Gasteiger partial charge in [-0.3, -0.25) is 0 Å². The van der Waals surface area contributed by atoms with Gasteiger partial charge in [0.15, 0.2) is 11.4 Å². The summed E-state index contributed by atoms with van der Waals surface area (Å²) in [7, 11) is 0. The predicted molar refractivity (Wildman–Crippen MR) is 126 cm³/mol. The quantitative estimate of drug-likeness (QED) is 0.271. The van der Waals surface area contributed by atoms with Crippen LogP contribution in [-0.2, 0) is 6.54 Å². The van der Waals surface area contributed by atoms with E-state index in [4.69, 9.17) is 62.7 Å². The second-order valence-electron chi connectivity index (χ2n) is 6.66. The fourth-order valence-corrected chi connectivity index (χ4v) is 4.13. The number of halogens is 5. The Kier molecular flexibility index (Phi) is 6.29. The van der Waals surface area contributed by atoms with Gasteiger partial charge in [-0.05, 0) is 35.9 Å². The van der Waals surface area contributed by atoms with E-state index in [0.717, 1.165) is 5.56 Å². The Morgan fingerprint density at radius 2 is 1.48 bits per heavy atom. The summed E-state index contributed by atoms with van der Waals surface area (Å²) in [4.78, 5) is 12.3. The summed E-state index contributed by atoms with van der Waals surface area (Å²) in [5.41, 5.74) is 1.45. The van der Waals surface area contributed by atoms with Crippen LogP contribution in [-0.4, -0.2) is 15.6 Å². The fraction of sp³-hybridized carbons (Fsp3) is 0.0455. The van der Waals surface area contributed by atoms with Crippen LogP contribution >= 0.6 is 58.0 Å². The van der Waals surface area contributed by atoms with Crippen LogP contribution < -0.4 is 4.74 Å². The van der Waals surface area contributed by atoms with Gasteiger partial charge in [0.25, 0.3) is 0 Å². The second kappa shape index (κ2) is 8.81. The lowest BCUT2D eigenvalue weighted by Crippen LogP contribution is -2.10. The van der Waals surface area contributed by atoms with E-state index in [0.29, 0.717) is 20.9 Å². The highest BCUT2D eigenvalue weighted by Gasteiger charge is 2.25. The highest BCUT2D eigenvalue weighted by Crippen LogP contribution is 2.41. The Bertz CT molecular complexity index is 1290. The summed E-state index contributed by atoms with van der Waals surface area (Å²) >= 11 is 30.4. The minimum absolute atomic E-state index is 0.0468. The van der Waals surface area contributed by atoms with E-state index < -0.39 is 5.97 Å². The summed E-state index contributed by atoms with van der Waals surface area (Å²) in [5, 5.41) is 12.1. The molecule has 0 saturated heterocycles. The molecule has 0 atom stereocenters. The number of nitrogens with zero attached hydrogens (tertiary/aromatic N) is 1. The van der Waals surface area contributed by atoms with Crippen molar-refractivity contribution >= 4 is 74.9 Å². The molecule has 0 saturated carbocycles. The molecule has 31 heavy (non-hydrogen) atoms. The average molecular weight is 516 g/mol. The van der Waals surface area contributed by atoms with E-state index >= 15 is 0 Å². The molecular formula is C22H12Cl5NO3.